The van der Waals surface area contributed by atoms with Crippen LogP contribution in [0.15, 0.2) is 0 Å². The molecule has 0 aromatic rings. The second-order valence-electron chi connectivity index (χ2n) is 5.26. The summed E-state index contributed by atoms with van der Waals surface area (Å²) in [6.45, 7) is 4.16. The van der Waals surface area contributed by atoms with Gasteiger partial charge in [-0.2, -0.15) is 5.26 Å². The van der Waals surface area contributed by atoms with E-state index in [2.05, 4.69) is 11.0 Å². The third kappa shape index (κ3) is 2.54. The van der Waals surface area contributed by atoms with E-state index in [1.54, 1.807) is 6.92 Å². The Morgan fingerprint density at radius 1 is 1.50 bits per heavy atom. The lowest BCUT2D eigenvalue weighted by Gasteiger charge is -2.45. The summed E-state index contributed by atoms with van der Waals surface area (Å²) in [5.41, 5.74) is 5.19. The maximum absolute atomic E-state index is 8.99. The molecule has 90 valence electrons. The maximum Gasteiger partial charge on any atom is 0.114 e. The predicted octanol–water partition coefficient (Wildman–Crippen LogP) is 0.871. The van der Waals surface area contributed by atoms with Gasteiger partial charge in [-0.15, -0.1) is 0 Å². The molecule has 2 fully saturated rings. The van der Waals surface area contributed by atoms with E-state index in [-0.39, 0.29) is 0 Å². The zero-order chi connectivity index (χ0) is 11.6. The molecule has 2 aliphatic rings. The molecule has 4 heteroatoms. The summed E-state index contributed by atoms with van der Waals surface area (Å²) in [5, 5.41) is 8.99. The Morgan fingerprint density at radius 2 is 2.25 bits per heavy atom. The van der Waals surface area contributed by atoms with Crippen molar-refractivity contribution in [2.24, 2.45) is 5.73 Å². The quantitative estimate of drug-likeness (QED) is 0.754. The van der Waals surface area contributed by atoms with E-state index in [0.29, 0.717) is 18.7 Å². The number of fused-ring (bicyclic) bond motifs is 1. The van der Waals surface area contributed by atoms with Crippen LogP contribution in [0.25, 0.3) is 0 Å². The third-order valence-corrected chi connectivity index (χ3v) is 3.63. The minimum atomic E-state index is -0.737. The summed E-state index contributed by atoms with van der Waals surface area (Å²) in [5.74, 6) is 0. The van der Waals surface area contributed by atoms with Crippen molar-refractivity contribution in [1.29, 1.82) is 5.26 Å². The van der Waals surface area contributed by atoms with Gasteiger partial charge in [0.2, 0.25) is 0 Å². The average Bonchev–Trinajstić information content (AvgIpc) is 2.29. The SMILES string of the molecule is CC(N)(C#N)CN1CCOC2CCCCC21. The fraction of sp³-hybridized carbons (Fsp3) is 0.917. The van der Waals surface area contributed by atoms with Crippen LogP contribution < -0.4 is 5.73 Å². The van der Waals surface area contributed by atoms with Crippen molar-refractivity contribution in [2.75, 3.05) is 19.7 Å². The summed E-state index contributed by atoms with van der Waals surface area (Å²) in [4.78, 5) is 2.36. The van der Waals surface area contributed by atoms with Crippen molar-refractivity contribution in [1.82, 2.24) is 4.90 Å². The van der Waals surface area contributed by atoms with Gasteiger partial charge < -0.3 is 10.5 Å². The molecule has 1 heterocycles. The van der Waals surface area contributed by atoms with Crippen molar-refractivity contribution < 1.29 is 4.74 Å². The van der Waals surface area contributed by atoms with Crippen molar-refractivity contribution in [3.63, 3.8) is 0 Å². The van der Waals surface area contributed by atoms with E-state index in [4.69, 9.17) is 15.7 Å². The summed E-state index contributed by atoms with van der Waals surface area (Å²) < 4.78 is 5.79. The normalized spacial score (nSPS) is 34.8. The number of nitrogens with two attached hydrogens (primary N) is 1. The molecular formula is C12H21N3O. The van der Waals surface area contributed by atoms with Gasteiger partial charge in [-0.3, -0.25) is 4.90 Å². The first-order valence-corrected chi connectivity index (χ1v) is 6.18. The second-order valence-corrected chi connectivity index (χ2v) is 5.26. The smallest absolute Gasteiger partial charge is 0.114 e. The molecule has 0 spiro atoms. The zero-order valence-electron chi connectivity index (χ0n) is 9.98. The summed E-state index contributed by atoms with van der Waals surface area (Å²) in [6.07, 6.45) is 5.26. The number of hydrogen-bond donors (Lipinski definition) is 1. The maximum atomic E-state index is 8.99. The van der Waals surface area contributed by atoms with Gasteiger partial charge in [0, 0.05) is 19.1 Å². The Kier molecular flexibility index (Phi) is 3.48. The van der Waals surface area contributed by atoms with E-state index >= 15 is 0 Å². The van der Waals surface area contributed by atoms with Crippen molar-refractivity contribution >= 4 is 0 Å². The van der Waals surface area contributed by atoms with E-state index in [1.165, 1.54) is 19.3 Å². The Morgan fingerprint density at radius 3 is 3.00 bits per heavy atom. The molecule has 1 saturated heterocycles. The van der Waals surface area contributed by atoms with Gasteiger partial charge in [0.05, 0.1) is 18.8 Å². The third-order valence-electron chi connectivity index (χ3n) is 3.63. The van der Waals surface area contributed by atoms with Crippen molar-refractivity contribution in [3.05, 3.63) is 0 Å². The zero-order valence-corrected chi connectivity index (χ0v) is 9.98. The van der Waals surface area contributed by atoms with E-state index in [9.17, 15) is 0 Å². The Labute approximate surface area is 97.3 Å². The molecule has 0 radical (unpaired) electrons. The van der Waals surface area contributed by atoms with E-state index in [0.717, 1.165) is 19.6 Å². The molecule has 1 saturated carbocycles. The fourth-order valence-corrected chi connectivity index (χ4v) is 2.83. The number of nitrogens with zero attached hydrogens (tertiary/aromatic N) is 2. The van der Waals surface area contributed by atoms with Crippen LogP contribution in [0.2, 0.25) is 0 Å². The molecule has 0 bridgehead atoms. The van der Waals surface area contributed by atoms with Crippen LogP contribution in [0.5, 0.6) is 0 Å². The van der Waals surface area contributed by atoms with Crippen LogP contribution in [0.3, 0.4) is 0 Å². The molecule has 0 amide bonds. The fourth-order valence-electron chi connectivity index (χ4n) is 2.83. The van der Waals surface area contributed by atoms with Crippen LogP contribution in [0.4, 0.5) is 0 Å². The van der Waals surface area contributed by atoms with E-state index in [1.807, 2.05) is 0 Å². The first-order valence-electron chi connectivity index (χ1n) is 6.18. The van der Waals surface area contributed by atoms with E-state index < -0.39 is 5.54 Å². The molecule has 16 heavy (non-hydrogen) atoms. The number of ether oxygens (including phenoxy) is 1. The monoisotopic (exact) mass is 223 g/mol. The minimum absolute atomic E-state index is 0.372. The lowest BCUT2D eigenvalue weighted by Crippen LogP contribution is -2.58. The largest absolute Gasteiger partial charge is 0.375 e. The van der Waals surface area contributed by atoms with Gasteiger partial charge in [0.15, 0.2) is 0 Å². The summed E-state index contributed by atoms with van der Waals surface area (Å²) in [7, 11) is 0. The van der Waals surface area contributed by atoms with Gasteiger partial charge >= 0.3 is 0 Å². The van der Waals surface area contributed by atoms with Crippen LogP contribution in [0.1, 0.15) is 32.6 Å². The molecule has 4 nitrogen and oxygen atoms in total. The molecule has 0 aromatic carbocycles. The minimum Gasteiger partial charge on any atom is -0.375 e. The molecule has 1 aliphatic carbocycles. The average molecular weight is 223 g/mol. The Bertz CT molecular complexity index is 282. The number of morpholine rings is 1. The molecule has 2 N–H and O–H groups in total. The highest BCUT2D eigenvalue weighted by atomic mass is 16.5. The Balaban J connectivity index is 2.00. The van der Waals surface area contributed by atoms with Gasteiger partial charge in [0.25, 0.3) is 0 Å². The number of rotatable bonds is 2. The molecule has 2 rings (SSSR count). The predicted molar refractivity (Wildman–Crippen MR) is 61.8 cm³/mol. The van der Waals surface area contributed by atoms with Crippen LogP contribution in [-0.2, 0) is 4.74 Å². The van der Waals surface area contributed by atoms with Crippen LogP contribution in [-0.4, -0.2) is 42.3 Å². The number of hydrogen-bond acceptors (Lipinski definition) is 4. The second kappa shape index (κ2) is 4.70. The topological polar surface area (TPSA) is 62.3 Å². The highest BCUT2D eigenvalue weighted by Gasteiger charge is 2.36. The molecule has 3 unspecified atom stereocenters. The molecule has 0 aromatic heterocycles. The molecule has 1 aliphatic heterocycles. The lowest BCUT2D eigenvalue weighted by atomic mass is 9.89. The van der Waals surface area contributed by atoms with Crippen LogP contribution in [0, 0.1) is 11.3 Å². The van der Waals surface area contributed by atoms with Gasteiger partial charge in [-0.05, 0) is 19.8 Å². The number of nitriles is 1. The standard InChI is InChI=1S/C12H21N3O/c1-12(14,8-13)9-15-6-7-16-11-5-3-2-4-10(11)15/h10-11H,2-7,9,14H2,1H3. The first-order chi connectivity index (χ1) is 7.62. The highest BCUT2D eigenvalue weighted by Crippen LogP contribution is 2.28. The first kappa shape index (κ1) is 11.8. The molecular weight excluding hydrogens is 202 g/mol. The molecule has 3 atom stereocenters. The van der Waals surface area contributed by atoms with Crippen LogP contribution >= 0.6 is 0 Å². The summed E-state index contributed by atoms with van der Waals surface area (Å²) >= 11 is 0. The van der Waals surface area contributed by atoms with Gasteiger partial charge in [-0.1, -0.05) is 12.8 Å². The lowest BCUT2D eigenvalue weighted by molar-refractivity contribution is -0.0908. The van der Waals surface area contributed by atoms with Gasteiger partial charge in [-0.25, -0.2) is 0 Å². The summed E-state index contributed by atoms with van der Waals surface area (Å²) in [6, 6.07) is 2.66. The highest BCUT2D eigenvalue weighted by molar-refractivity contribution is 5.04. The van der Waals surface area contributed by atoms with Crippen molar-refractivity contribution in [2.45, 2.75) is 50.3 Å². The Hall–Kier alpha value is -0.630. The van der Waals surface area contributed by atoms with Gasteiger partial charge in [0.1, 0.15) is 5.54 Å². The van der Waals surface area contributed by atoms with Crippen molar-refractivity contribution in [3.8, 4) is 6.07 Å².